The van der Waals surface area contributed by atoms with E-state index in [9.17, 15) is 9.59 Å². The fraction of sp³-hybridized carbons (Fsp3) is 0.176. The number of hydrogen-bond donors (Lipinski definition) is 0. The maximum Gasteiger partial charge on any atom is 0.375 e. The van der Waals surface area contributed by atoms with E-state index in [-0.39, 0.29) is 13.0 Å². The number of carbonyl (C=O) groups is 2. The molecule has 0 atom stereocenters. The van der Waals surface area contributed by atoms with Crippen molar-refractivity contribution in [1.82, 2.24) is 0 Å². The summed E-state index contributed by atoms with van der Waals surface area (Å²) in [7, 11) is 0. The van der Waals surface area contributed by atoms with Gasteiger partial charge in [0, 0.05) is 6.42 Å². The molecule has 0 unspecified atom stereocenters. The van der Waals surface area contributed by atoms with Crippen LogP contribution in [0.4, 0.5) is 0 Å². The summed E-state index contributed by atoms with van der Waals surface area (Å²) >= 11 is 0. The van der Waals surface area contributed by atoms with Gasteiger partial charge in [-0.25, -0.2) is 4.79 Å². The zero-order valence-electron chi connectivity index (χ0n) is 11.3. The van der Waals surface area contributed by atoms with E-state index in [0.717, 1.165) is 16.7 Å². The fourth-order valence-electron chi connectivity index (χ4n) is 1.88. The van der Waals surface area contributed by atoms with Crippen molar-refractivity contribution in [2.24, 2.45) is 0 Å². The first kappa shape index (κ1) is 14.0. The second-order valence-electron chi connectivity index (χ2n) is 4.65. The quantitative estimate of drug-likeness (QED) is 0.618. The minimum atomic E-state index is -0.782. The first-order valence-electron chi connectivity index (χ1n) is 6.44. The Morgan fingerprint density at radius 3 is 2.35 bits per heavy atom. The van der Waals surface area contributed by atoms with E-state index in [0.29, 0.717) is 0 Å². The molecule has 0 aromatic heterocycles. The van der Waals surface area contributed by atoms with Gasteiger partial charge in [-0.2, -0.15) is 0 Å². The van der Waals surface area contributed by atoms with Crippen molar-refractivity contribution in [1.29, 1.82) is 0 Å². The van der Waals surface area contributed by atoms with Gasteiger partial charge in [0.05, 0.1) is 0 Å². The van der Waals surface area contributed by atoms with Crippen LogP contribution in [0.25, 0.3) is 0 Å². The van der Waals surface area contributed by atoms with E-state index in [1.54, 1.807) is 0 Å². The minimum absolute atomic E-state index is 0.0787. The lowest BCUT2D eigenvalue weighted by Gasteiger charge is -2.04. The lowest BCUT2D eigenvalue weighted by atomic mass is 10.1. The van der Waals surface area contributed by atoms with Gasteiger partial charge in [-0.05, 0) is 18.1 Å². The highest BCUT2D eigenvalue weighted by atomic mass is 16.5. The molecule has 0 aliphatic rings. The predicted octanol–water partition coefficient (Wildman–Crippen LogP) is 2.85. The van der Waals surface area contributed by atoms with Gasteiger partial charge < -0.3 is 4.74 Å². The van der Waals surface area contributed by atoms with Gasteiger partial charge in [-0.15, -0.1) is 0 Å². The second-order valence-corrected chi connectivity index (χ2v) is 4.65. The van der Waals surface area contributed by atoms with Crippen LogP contribution in [-0.4, -0.2) is 11.8 Å². The monoisotopic (exact) mass is 268 g/mol. The Balaban J connectivity index is 1.88. The molecule has 0 amide bonds. The lowest BCUT2D eigenvalue weighted by Crippen LogP contribution is -2.19. The molecule has 2 aromatic rings. The Kier molecular flexibility index (Phi) is 4.66. The van der Waals surface area contributed by atoms with Gasteiger partial charge in [-0.3, -0.25) is 4.79 Å². The number of rotatable bonds is 5. The normalized spacial score (nSPS) is 10.1. The number of Topliss-reactive ketones (excluding diaryl/α,β-unsaturated/α-hetero) is 1. The maximum absolute atomic E-state index is 11.8. The molecule has 2 aromatic carbocycles. The summed E-state index contributed by atoms with van der Waals surface area (Å²) in [6.07, 6.45) is 0.0787. The van der Waals surface area contributed by atoms with Gasteiger partial charge in [0.25, 0.3) is 0 Å². The van der Waals surface area contributed by atoms with E-state index in [4.69, 9.17) is 4.74 Å². The molecule has 20 heavy (non-hydrogen) atoms. The van der Waals surface area contributed by atoms with Gasteiger partial charge in [0.15, 0.2) is 0 Å². The van der Waals surface area contributed by atoms with Crippen LogP contribution in [0.1, 0.15) is 16.7 Å². The first-order valence-corrected chi connectivity index (χ1v) is 6.44. The molecule has 0 spiro atoms. The van der Waals surface area contributed by atoms with Crippen LogP contribution in [0.15, 0.2) is 54.6 Å². The Bertz CT molecular complexity index is 603. The predicted molar refractivity (Wildman–Crippen MR) is 76.1 cm³/mol. The third kappa shape index (κ3) is 4.05. The van der Waals surface area contributed by atoms with Crippen LogP contribution in [0.2, 0.25) is 0 Å². The van der Waals surface area contributed by atoms with Crippen molar-refractivity contribution >= 4 is 11.8 Å². The number of ketones is 1. The molecule has 0 aliphatic carbocycles. The number of aryl methyl sites for hydroxylation is 1. The van der Waals surface area contributed by atoms with Crippen LogP contribution in [0.5, 0.6) is 0 Å². The SMILES string of the molecule is Cc1cccc(CC(=O)C(=O)OCc2ccccc2)c1. The molecule has 0 N–H and O–H groups in total. The zero-order valence-corrected chi connectivity index (χ0v) is 11.3. The van der Waals surface area contributed by atoms with E-state index in [1.807, 2.05) is 61.5 Å². The average molecular weight is 268 g/mol. The topological polar surface area (TPSA) is 43.4 Å². The molecule has 0 heterocycles. The van der Waals surface area contributed by atoms with Crippen molar-refractivity contribution in [2.75, 3.05) is 0 Å². The number of carbonyl (C=O) groups excluding carboxylic acids is 2. The molecule has 2 rings (SSSR count). The molecule has 102 valence electrons. The third-order valence-electron chi connectivity index (χ3n) is 2.89. The van der Waals surface area contributed by atoms with Crippen molar-refractivity contribution in [3.05, 3.63) is 71.3 Å². The highest BCUT2D eigenvalue weighted by Crippen LogP contribution is 2.06. The maximum atomic E-state index is 11.8. The lowest BCUT2D eigenvalue weighted by molar-refractivity contribution is -0.154. The molecule has 0 radical (unpaired) electrons. The minimum Gasteiger partial charge on any atom is -0.455 e. The Labute approximate surface area is 118 Å². The fourth-order valence-corrected chi connectivity index (χ4v) is 1.88. The molecule has 3 nitrogen and oxygen atoms in total. The molecule has 0 fully saturated rings. The molecule has 0 saturated carbocycles. The summed E-state index contributed by atoms with van der Waals surface area (Å²) in [5, 5.41) is 0. The molecule has 0 bridgehead atoms. The Hall–Kier alpha value is -2.42. The molecular weight excluding hydrogens is 252 g/mol. The summed E-state index contributed by atoms with van der Waals surface area (Å²) in [5.74, 6) is -1.30. The zero-order chi connectivity index (χ0) is 14.4. The second kappa shape index (κ2) is 6.66. The van der Waals surface area contributed by atoms with Gasteiger partial charge >= 0.3 is 5.97 Å². The number of hydrogen-bond acceptors (Lipinski definition) is 3. The highest BCUT2D eigenvalue weighted by molar-refractivity contribution is 6.34. The van der Waals surface area contributed by atoms with Crippen molar-refractivity contribution in [2.45, 2.75) is 20.0 Å². The standard InChI is InChI=1S/C17H16O3/c1-13-6-5-9-15(10-13)11-16(18)17(19)20-12-14-7-3-2-4-8-14/h2-10H,11-12H2,1H3. The van der Waals surface area contributed by atoms with Crippen LogP contribution in [0.3, 0.4) is 0 Å². The van der Waals surface area contributed by atoms with Crippen LogP contribution in [0, 0.1) is 6.92 Å². The number of ether oxygens (including phenoxy) is 1. The summed E-state index contributed by atoms with van der Waals surface area (Å²) in [5.41, 5.74) is 2.75. The molecular formula is C17H16O3. The third-order valence-corrected chi connectivity index (χ3v) is 2.89. The van der Waals surface area contributed by atoms with E-state index < -0.39 is 11.8 Å². The van der Waals surface area contributed by atoms with Crippen molar-refractivity contribution in [3.63, 3.8) is 0 Å². The van der Waals surface area contributed by atoms with Crippen LogP contribution < -0.4 is 0 Å². The molecule has 0 aliphatic heterocycles. The summed E-state index contributed by atoms with van der Waals surface area (Å²) in [6.45, 7) is 2.07. The summed E-state index contributed by atoms with van der Waals surface area (Å²) in [6, 6.07) is 16.8. The van der Waals surface area contributed by atoms with E-state index in [2.05, 4.69) is 0 Å². The van der Waals surface area contributed by atoms with E-state index in [1.165, 1.54) is 0 Å². The number of esters is 1. The summed E-state index contributed by atoms with van der Waals surface area (Å²) < 4.78 is 5.00. The molecule has 0 saturated heterocycles. The van der Waals surface area contributed by atoms with Gasteiger partial charge in [0.2, 0.25) is 5.78 Å². The summed E-state index contributed by atoms with van der Waals surface area (Å²) in [4.78, 5) is 23.4. The average Bonchev–Trinajstić information content (AvgIpc) is 2.46. The van der Waals surface area contributed by atoms with Gasteiger partial charge in [0.1, 0.15) is 6.61 Å². The number of benzene rings is 2. The Morgan fingerprint density at radius 2 is 1.65 bits per heavy atom. The van der Waals surface area contributed by atoms with Gasteiger partial charge in [-0.1, -0.05) is 60.2 Å². The Morgan fingerprint density at radius 1 is 0.950 bits per heavy atom. The highest BCUT2D eigenvalue weighted by Gasteiger charge is 2.16. The van der Waals surface area contributed by atoms with Crippen molar-refractivity contribution in [3.8, 4) is 0 Å². The largest absolute Gasteiger partial charge is 0.455 e. The smallest absolute Gasteiger partial charge is 0.375 e. The molecule has 3 heteroatoms. The van der Waals surface area contributed by atoms with E-state index >= 15 is 0 Å². The van der Waals surface area contributed by atoms with Crippen LogP contribution in [-0.2, 0) is 27.4 Å². The van der Waals surface area contributed by atoms with Crippen LogP contribution >= 0.6 is 0 Å². The first-order chi connectivity index (χ1) is 9.65. The van der Waals surface area contributed by atoms with Crippen molar-refractivity contribution < 1.29 is 14.3 Å².